The van der Waals surface area contributed by atoms with Crippen molar-refractivity contribution in [3.8, 4) is 0 Å². The Bertz CT molecular complexity index is 467. The summed E-state index contributed by atoms with van der Waals surface area (Å²) in [6.07, 6.45) is 4.06. The van der Waals surface area contributed by atoms with Crippen LogP contribution in [0.2, 0.25) is 5.15 Å². The summed E-state index contributed by atoms with van der Waals surface area (Å²) >= 11 is 5.88. The van der Waals surface area contributed by atoms with Gasteiger partial charge in [0, 0.05) is 6.54 Å². The molecule has 104 valence electrons. The Morgan fingerprint density at radius 3 is 2.89 bits per heavy atom. The van der Waals surface area contributed by atoms with E-state index in [2.05, 4.69) is 4.98 Å². The Balaban J connectivity index is 2.34. The van der Waals surface area contributed by atoms with Crippen molar-refractivity contribution in [3.05, 3.63) is 22.8 Å². The molecule has 2 heterocycles. The molecular formula is C13H17ClN2O3. The Kier molecular flexibility index (Phi) is 4.61. The lowest BCUT2D eigenvalue weighted by molar-refractivity contribution is 0.0696. The summed E-state index contributed by atoms with van der Waals surface area (Å²) in [4.78, 5) is 17.2. The number of nitrogens with zero attached hydrogens (tertiary/aromatic N) is 2. The summed E-state index contributed by atoms with van der Waals surface area (Å²) in [5, 5.41) is 18.7. The van der Waals surface area contributed by atoms with Crippen LogP contribution in [0.1, 0.15) is 36.0 Å². The molecule has 0 bridgehead atoms. The van der Waals surface area contributed by atoms with Crippen molar-refractivity contribution >= 4 is 23.4 Å². The van der Waals surface area contributed by atoms with Gasteiger partial charge < -0.3 is 15.1 Å². The van der Waals surface area contributed by atoms with Gasteiger partial charge in [-0.1, -0.05) is 24.4 Å². The summed E-state index contributed by atoms with van der Waals surface area (Å²) in [5.74, 6) is -0.494. The topological polar surface area (TPSA) is 73.7 Å². The van der Waals surface area contributed by atoms with E-state index in [0.29, 0.717) is 5.82 Å². The number of anilines is 1. The number of aromatic carboxylic acids is 1. The van der Waals surface area contributed by atoms with Crippen molar-refractivity contribution in [1.29, 1.82) is 0 Å². The Labute approximate surface area is 116 Å². The molecule has 1 atom stereocenters. The highest BCUT2D eigenvalue weighted by atomic mass is 35.5. The van der Waals surface area contributed by atoms with Crippen molar-refractivity contribution in [2.75, 3.05) is 18.1 Å². The molecule has 1 aliphatic heterocycles. The Hall–Kier alpha value is -1.33. The molecule has 0 aromatic carbocycles. The lowest BCUT2D eigenvalue weighted by atomic mass is 10.1. The van der Waals surface area contributed by atoms with Gasteiger partial charge in [0.05, 0.1) is 18.2 Å². The third kappa shape index (κ3) is 3.36. The highest BCUT2D eigenvalue weighted by Crippen LogP contribution is 2.25. The van der Waals surface area contributed by atoms with Crippen LogP contribution in [0, 0.1) is 0 Å². The van der Waals surface area contributed by atoms with E-state index in [-0.39, 0.29) is 23.4 Å². The molecule has 0 radical (unpaired) electrons. The van der Waals surface area contributed by atoms with Crippen LogP contribution < -0.4 is 4.90 Å². The molecule has 1 fully saturated rings. The number of hydrogen-bond acceptors (Lipinski definition) is 4. The van der Waals surface area contributed by atoms with Gasteiger partial charge in [-0.2, -0.15) is 0 Å². The number of aromatic nitrogens is 1. The highest BCUT2D eigenvalue weighted by molar-refractivity contribution is 6.29. The number of pyridine rings is 1. The molecule has 1 aromatic rings. The number of carboxylic acid groups (broad SMARTS) is 1. The van der Waals surface area contributed by atoms with Crippen LogP contribution in [-0.4, -0.2) is 40.4 Å². The van der Waals surface area contributed by atoms with Gasteiger partial charge in [0.25, 0.3) is 0 Å². The zero-order valence-electron chi connectivity index (χ0n) is 10.5. The molecule has 2 rings (SSSR count). The predicted octanol–water partition coefficient (Wildman–Crippen LogP) is 2.17. The van der Waals surface area contributed by atoms with Crippen LogP contribution in [0.4, 0.5) is 5.82 Å². The zero-order chi connectivity index (χ0) is 13.8. The van der Waals surface area contributed by atoms with Crippen molar-refractivity contribution in [2.45, 2.75) is 31.7 Å². The summed E-state index contributed by atoms with van der Waals surface area (Å²) in [6.45, 7) is 0.800. The Morgan fingerprint density at radius 2 is 2.21 bits per heavy atom. The molecule has 0 amide bonds. The van der Waals surface area contributed by atoms with Crippen molar-refractivity contribution in [1.82, 2.24) is 4.98 Å². The van der Waals surface area contributed by atoms with Gasteiger partial charge >= 0.3 is 5.97 Å². The van der Waals surface area contributed by atoms with E-state index in [1.807, 2.05) is 4.90 Å². The number of aliphatic hydroxyl groups excluding tert-OH is 1. The second-order valence-electron chi connectivity index (χ2n) is 4.72. The number of rotatable bonds is 3. The highest BCUT2D eigenvalue weighted by Gasteiger charge is 2.22. The zero-order valence-corrected chi connectivity index (χ0v) is 11.3. The van der Waals surface area contributed by atoms with Crippen LogP contribution >= 0.6 is 11.6 Å². The monoisotopic (exact) mass is 284 g/mol. The number of halogens is 1. The molecule has 6 heteroatoms. The molecule has 19 heavy (non-hydrogen) atoms. The second-order valence-corrected chi connectivity index (χ2v) is 5.11. The number of aliphatic hydroxyl groups is 1. The number of carbonyl (C=O) groups is 1. The SMILES string of the molecule is O=C(O)c1cc(Cl)nc(N2CCCCCC2CO)c1. The van der Waals surface area contributed by atoms with Gasteiger partial charge in [-0.25, -0.2) is 9.78 Å². The summed E-state index contributed by atoms with van der Waals surface area (Å²) in [6, 6.07) is 2.83. The lowest BCUT2D eigenvalue weighted by Gasteiger charge is -2.30. The first-order valence-corrected chi connectivity index (χ1v) is 6.78. The molecule has 0 aliphatic carbocycles. The van der Waals surface area contributed by atoms with E-state index in [1.54, 1.807) is 0 Å². The van der Waals surface area contributed by atoms with Crippen LogP contribution in [-0.2, 0) is 0 Å². The summed E-state index contributed by atoms with van der Waals surface area (Å²) in [5.41, 5.74) is 0.121. The minimum atomic E-state index is -1.03. The summed E-state index contributed by atoms with van der Waals surface area (Å²) in [7, 11) is 0. The molecule has 5 nitrogen and oxygen atoms in total. The van der Waals surface area contributed by atoms with E-state index in [9.17, 15) is 9.90 Å². The smallest absolute Gasteiger partial charge is 0.335 e. The van der Waals surface area contributed by atoms with E-state index in [0.717, 1.165) is 32.2 Å². The van der Waals surface area contributed by atoms with Gasteiger partial charge in [-0.3, -0.25) is 0 Å². The second kappa shape index (κ2) is 6.21. The standard InChI is InChI=1S/C13H17ClN2O3/c14-11-6-9(13(18)19)7-12(15-11)16-5-3-1-2-4-10(16)8-17/h6-7,10,17H,1-5,8H2,(H,18,19). The lowest BCUT2D eigenvalue weighted by Crippen LogP contribution is -2.38. The largest absolute Gasteiger partial charge is 0.478 e. The Morgan fingerprint density at radius 1 is 1.42 bits per heavy atom. The van der Waals surface area contributed by atoms with Gasteiger partial charge in [0.1, 0.15) is 11.0 Å². The number of carboxylic acids is 1. The fourth-order valence-electron chi connectivity index (χ4n) is 2.42. The first kappa shape index (κ1) is 14.1. The van der Waals surface area contributed by atoms with E-state index < -0.39 is 5.97 Å². The molecule has 1 aromatic heterocycles. The fourth-order valence-corrected chi connectivity index (χ4v) is 2.63. The van der Waals surface area contributed by atoms with E-state index in [4.69, 9.17) is 16.7 Å². The van der Waals surface area contributed by atoms with Crippen LogP contribution in [0.5, 0.6) is 0 Å². The van der Waals surface area contributed by atoms with Gasteiger partial charge in [-0.05, 0) is 25.0 Å². The van der Waals surface area contributed by atoms with Crippen molar-refractivity contribution in [3.63, 3.8) is 0 Å². The minimum Gasteiger partial charge on any atom is -0.478 e. The van der Waals surface area contributed by atoms with Crippen LogP contribution in [0.25, 0.3) is 0 Å². The maximum Gasteiger partial charge on any atom is 0.335 e. The summed E-state index contributed by atoms with van der Waals surface area (Å²) < 4.78 is 0. The quantitative estimate of drug-likeness (QED) is 0.832. The third-order valence-electron chi connectivity index (χ3n) is 3.41. The first-order valence-electron chi connectivity index (χ1n) is 6.40. The van der Waals surface area contributed by atoms with Crippen molar-refractivity contribution in [2.24, 2.45) is 0 Å². The van der Waals surface area contributed by atoms with E-state index in [1.165, 1.54) is 12.1 Å². The van der Waals surface area contributed by atoms with Gasteiger partial charge in [0.2, 0.25) is 0 Å². The average Bonchev–Trinajstić information content (AvgIpc) is 2.62. The molecular weight excluding hydrogens is 268 g/mol. The van der Waals surface area contributed by atoms with Crippen molar-refractivity contribution < 1.29 is 15.0 Å². The molecule has 0 spiro atoms. The normalized spacial score (nSPS) is 20.1. The molecule has 1 aliphatic rings. The predicted molar refractivity (Wildman–Crippen MR) is 72.9 cm³/mol. The number of hydrogen-bond donors (Lipinski definition) is 2. The average molecular weight is 285 g/mol. The van der Waals surface area contributed by atoms with E-state index >= 15 is 0 Å². The van der Waals surface area contributed by atoms with Gasteiger partial charge in [0.15, 0.2) is 0 Å². The molecule has 2 N–H and O–H groups in total. The van der Waals surface area contributed by atoms with Crippen LogP contribution in [0.3, 0.4) is 0 Å². The maximum atomic E-state index is 11.1. The van der Waals surface area contributed by atoms with Crippen LogP contribution in [0.15, 0.2) is 12.1 Å². The third-order valence-corrected chi connectivity index (χ3v) is 3.60. The maximum absolute atomic E-state index is 11.1. The first-order chi connectivity index (χ1) is 9.11. The fraction of sp³-hybridized carbons (Fsp3) is 0.538. The minimum absolute atomic E-state index is 0.0184. The van der Waals surface area contributed by atoms with Gasteiger partial charge in [-0.15, -0.1) is 0 Å². The molecule has 1 unspecified atom stereocenters. The molecule has 0 saturated carbocycles. The molecule has 1 saturated heterocycles.